The van der Waals surface area contributed by atoms with Gasteiger partial charge in [0, 0.05) is 29.7 Å². The predicted octanol–water partition coefficient (Wildman–Crippen LogP) is 4.37. The summed E-state index contributed by atoms with van der Waals surface area (Å²) < 4.78 is 38.3. The molecule has 0 radical (unpaired) electrons. The van der Waals surface area contributed by atoms with Crippen LogP contribution in [-0.4, -0.2) is 29.9 Å². The molecule has 7 nitrogen and oxygen atoms in total. The minimum absolute atomic E-state index is 0.0453. The fourth-order valence-corrected chi connectivity index (χ4v) is 4.59. The number of alkyl halides is 3. The van der Waals surface area contributed by atoms with Gasteiger partial charge in [-0.3, -0.25) is 10.3 Å². The van der Waals surface area contributed by atoms with Crippen molar-refractivity contribution in [3.63, 3.8) is 0 Å². The monoisotopic (exact) mass is 466 g/mol. The standard InChI is InChI=1S/C19H17F3N6OS2/c20-19(21,22)11-2-1-3-12(8-11)27-17(29)28-18-24-9-13(31-18)4-6-23-16-15-14(5-7-30-15)25-10-26-16/h1-3,5,7-10,14,23H,4,6H2,(H,25,26)(H2,24,27,28,29). The van der Waals surface area contributed by atoms with E-state index in [1.54, 1.807) is 24.3 Å². The van der Waals surface area contributed by atoms with Crippen LogP contribution in [0.1, 0.15) is 10.4 Å². The first-order chi connectivity index (χ1) is 14.9. The maximum absolute atomic E-state index is 12.8. The number of urea groups is 1. The number of hydrogen-bond donors (Lipinski definition) is 4. The number of thiazole rings is 1. The lowest BCUT2D eigenvalue weighted by Crippen LogP contribution is -2.32. The highest BCUT2D eigenvalue weighted by Crippen LogP contribution is 2.33. The van der Waals surface area contributed by atoms with Crippen LogP contribution >= 0.6 is 23.1 Å². The van der Waals surface area contributed by atoms with Crippen LogP contribution in [0.25, 0.3) is 0 Å². The van der Waals surface area contributed by atoms with E-state index in [0.29, 0.717) is 18.1 Å². The van der Waals surface area contributed by atoms with Gasteiger partial charge in [0.05, 0.1) is 16.8 Å². The van der Waals surface area contributed by atoms with Crippen molar-refractivity contribution < 1.29 is 18.0 Å². The maximum Gasteiger partial charge on any atom is 0.416 e. The molecule has 0 saturated heterocycles. The van der Waals surface area contributed by atoms with E-state index < -0.39 is 17.8 Å². The van der Waals surface area contributed by atoms with Gasteiger partial charge in [0.15, 0.2) is 5.13 Å². The van der Waals surface area contributed by atoms with Crippen molar-refractivity contribution in [2.24, 2.45) is 4.99 Å². The van der Waals surface area contributed by atoms with Gasteiger partial charge < -0.3 is 16.0 Å². The number of aromatic nitrogens is 1. The minimum Gasteiger partial charge on any atom is -0.370 e. The van der Waals surface area contributed by atoms with Crippen LogP contribution < -0.4 is 21.3 Å². The zero-order chi connectivity index (χ0) is 21.8. The van der Waals surface area contributed by atoms with E-state index in [4.69, 9.17) is 0 Å². The number of amides is 2. The summed E-state index contributed by atoms with van der Waals surface area (Å²) in [6, 6.07) is 3.85. The van der Waals surface area contributed by atoms with Crippen molar-refractivity contribution in [2.45, 2.75) is 18.6 Å². The van der Waals surface area contributed by atoms with Crippen LogP contribution in [0, 0.1) is 0 Å². The number of anilines is 2. The number of thioether (sulfide) groups is 1. The Hall–Kier alpha value is -2.99. The van der Waals surface area contributed by atoms with Gasteiger partial charge in [0.2, 0.25) is 0 Å². The SMILES string of the molecule is O=C(Nc1cccc(C(F)(F)F)c1)Nc1ncc(CCNC2=C3SC=CC3N=CN2)s1. The first kappa shape index (κ1) is 21.2. The van der Waals surface area contributed by atoms with E-state index in [1.807, 2.05) is 11.5 Å². The Morgan fingerprint density at radius 2 is 2.13 bits per heavy atom. The third-order valence-electron chi connectivity index (χ3n) is 4.31. The summed E-state index contributed by atoms with van der Waals surface area (Å²) in [6.07, 6.45) is 1.58. The molecule has 0 saturated carbocycles. The summed E-state index contributed by atoms with van der Waals surface area (Å²) >= 11 is 2.93. The number of halogens is 3. The lowest BCUT2D eigenvalue weighted by atomic mass is 10.2. The second kappa shape index (κ2) is 9.02. The molecule has 12 heteroatoms. The highest BCUT2D eigenvalue weighted by Gasteiger charge is 2.30. The highest BCUT2D eigenvalue weighted by atomic mass is 32.2. The van der Waals surface area contributed by atoms with Crippen molar-refractivity contribution in [1.82, 2.24) is 15.6 Å². The molecule has 0 aliphatic carbocycles. The molecule has 1 unspecified atom stereocenters. The first-order valence-electron chi connectivity index (χ1n) is 9.18. The van der Waals surface area contributed by atoms with Crippen molar-refractivity contribution in [3.05, 3.63) is 63.1 Å². The van der Waals surface area contributed by atoms with Gasteiger partial charge in [-0.15, -0.1) is 11.3 Å². The third-order valence-corrected chi connectivity index (χ3v) is 6.28. The molecular weight excluding hydrogens is 449 g/mol. The number of nitrogens with one attached hydrogen (secondary N) is 4. The summed E-state index contributed by atoms with van der Waals surface area (Å²) in [4.78, 5) is 22.7. The molecule has 4 rings (SSSR count). The van der Waals surface area contributed by atoms with E-state index in [0.717, 1.165) is 27.7 Å². The number of hydrogen-bond acceptors (Lipinski definition) is 7. The van der Waals surface area contributed by atoms with Crippen LogP contribution in [-0.2, 0) is 12.6 Å². The van der Waals surface area contributed by atoms with E-state index in [-0.39, 0.29) is 11.7 Å². The molecule has 0 spiro atoms. The lowest BCUT2D eigenvalue weighted by Gasteiger charge is -2.19. The molecule has 162 valence electrons. The molecule has 4 N–H and O–H groups in total. The summed E-state index contributed by atoms with van der Waals surface area (Å²) in [7, 11) is 0. The zero-order valence-corrected chi connectivity index (χ0v) is 17.5. The number of carbonyl (C=O) groups excluding carboxylic acids is 1. The predicted molar refractivity (Wildman–Crippen MR) is 117 cm³/mol. The fourth-order valence-electron chi connectivity index (χ4n) is 2.88. The molecule has 0 fully saturated rings. The molecule has 1 aromatic heterocycles. The average Bonchev–Trinajstić information content (AvgIpc) is 3.37. The zero-order valence-electron chi connectivity index (χ0n) is 15.9. The Kier molecular flexibility index (Phi) is 6.18. The quantitative estimate of drug-likeness (QED) is 0.508. The van der Waals surface area contributed by atoms with Crippen molar-refractivity contribution >= 4 is 46.3 Å². The lowest BCUT2D eigenvalue weighted by molar-refractivity contribution is -0.137. The molecule has 2 aliphatic rings. The highest BCUT2D eigenvalue weighted by molar-refractivity contribution is 8.06. The van der Waals surface area contributed by atoms with Crippen molar-refractivity contribution in [3.8, 4) is 0 Å². The second-order valence-corrected chi connectivity index (χ2v) is 8.58. The largest absolute Gasteiger partial charge is 0.416 e. The molecule has 2 aliphatic heterocycles. The maximum atomic E-state index is 12.8. The molecule has 2 amide bonds. The van der Waals surface area contributed by atoms with Gasteiger partial charge in [-0.25, -0.2) is 9.78 Å². The Bertz CT molecular complexity index is 1060. The first-order valence-corrected chi connectivity index (χ1v) is 10.9. The smallest absolute Gasteiger partial charge is 0.370 e. The van der Waals surface area contributed by atoms with Crippen LogP contribution in [0.2, 0.25) is 0 Å². The molecule has 1 aromatic carbocycles. The summed E-state index contributed by atoms with van der Waals surface area (Å²) in [5.41, 5.74) is -0.786. The second-order valence-electron chi connectivity index (χ2n) is 6.52. The number of benzene rings is 1. The molecule has 31 heavy (non-hydrogen) atoms. The van der Waals surface area contributed by atoms with E-state index in [1.165, 1.54) is 23.5 Å². The Labute approximate surface area is 183 Å². The van der Waals surface area contributed by atoms with Gasteiger partial charge >= 0.3 is 12.2 Å². The van der Waals surface area contributed by atoms with E-state index in [2.05, 4.69) is 31.2 Å². The summed E-state index contributed by atoms with van der Waals surface area (Å²) in [5.74, 6) is 0.929. The van der Waals surface area contributed by atoms with Crippen LogP contribution in [0.15, 0.2) is 57.7 Å². The van der Waals surface area contributed by atoms with Crippen LogP contribution in [0.3, 0.4) is 0 Å². The van der Waals surface area contributed by atoms with Gasteiger partial charge in [-0.2, -0.15) is 13.2 Å². The number of carbonyl (C=O) groups is 1. The fraction of sp³-hybridized carbons (Fsp3) is 0.211. The van der Waals surface area contributed by atoms with E-state index in [9.17, 15) is 18.0 Å². The van der Waals surface area contributed by atoms with Crippen molar-refractivity contribution in [2.75, 3.05) is 17.2 Å². The Morgan fingerprint density at radius 3 is 2.97 bits per heavy atom. The molecule has 1 atom stereocenters. The number of rotatable bonds is 6. The Morgan fingerprint density at radius 1 is 1.26 bits per heavy atom. The van der Waals surface area contributed by atoms with Gasteiger partial charge in [0.25, 0.3) is 0 Å². The number of aliphatic imine (C=N–C) groups is 1. The normalized spacial score (nSPS) is 17.3. The molecule has 3 heterocycles. The summed E-state index contributed by atoms with van der Waals surface area (Å²) in [6.45, 7) is 0.658. The van der Waals surface area contributed by atoms with E-state index >= 15 is 0 Å². The molecule has 2 aromatic rings. The average molecular weight is 467 g/mol. The minimum atomic E-state index is -4.48. The van der Waals surface area contributed by atoms with Crippen LogP contribution in [0.5, 0.6) is 0 Å². The topological polar surface area (TPSA) is 90.4 Å². The van der Waals surface area contributed by atoms with Gasteiger partial charge in [-0.1, -0.05) is 17.8 Å². The Balaban J connectivity index is 1.27. The van der Waals surface area contributed by atoms with Crippen molar-refractivity contribution in [1.29, 1.82) is 0 Å². The molecular formula is C19H17F3N6OS2. The summed E-state index contributed by atoms with van der Waals surface area (Å²) in [5, 5.41) is 13.8. The molecule has 0 bridgehead atoms. The number of fused-ring (bicyclic) bond motifs is 1. The van der Waals surface area contributed by atoms with Crippen LogP contribution in [0.4, 0.5) is 28.8 Å². The third kappa shape index (κ3) is 5.39. The van der Waals surface area contributed by atoms with Gasteiger partial charge in [0.1, 0.15) is 11.9 Å². The number of nitrogens with zero attached hydrogens (tertiary/aromatic N) is 2. The van der Waals surface area contributed by atoms with Gasteiger partial charge in [-0.05, 0) is 29.7 Å².